The van der Waals surface area contributed by atoms with Crippen molar-refractivity contribution in [1.29, 1.82) is 0 Å². The SMILES string of the molecule is CN(C)c1ccc(CCCCSSCCCCc2ccc(N(C)C)cc2)cc1. The average molecular weight is 417 g/mol. The van der Waals surface area contributed by atoms with Crippen LogP contribution in [0.4, 0.5) is 11.4 Å². The molecule has 0 saturated carbocycles. The van der Waals surface area contributed by atoms with Gasteiger partial charge in [0.05, 0.1) is 0 Å². The molecule has 0 saturated heterocycles. The van der Waals surface area contributed by atoms with Gasteiger partial charge in [0, 0.05) is 51.1 Å². The van der Waals surface area contributed by atoms with E-state index >= 15 is 0 Å². The van der Waals surface area contributed by atoms with Gasteiger partial charge in [0.1, 0.15) is 0 Å². The molecule has 2 aromatic carbocycles. The highest BCUT2D eigenvalue weighted by Gasteiger charge is 1.99. The Kier molecular flexibility index (Phi) is 10.7. The minimum atomic E-state index is 1.20. The van der Waals surface area contributed by atoms with Crippen LogP contribution in [0.1, 0.15) is 36.8 Å². The molecule has 0 heterocycles. The number of nitrogens with zero attached hydrogens (tertiary/aromatic N) is 2. The summed E-state index contributed by atoms with van der Waals surface area (Å²) < 4.78 is 0. The molecule has 0 fully saturated rings. The first kappa shape index (κ1) is 23.0. The molecule has 2 rings (SSSR count). The third-order valence-corrected chi connectivity index (χ3v) is 7.45. The number of rotatable bonds is 13. The third-order valence-electron chi connectivity index (χ3n) is 4.88. The molecular formula is C24H36N2S2. The quantitative estimate of drug-likeness (QED) is 0.270. The summed E-state index contributed by atoms with van der Waals surface area (Å²) in [5.41, 5.74) is 5.48. The Balaban J connectivity index is 1.44. The highest BCUT2D eigenvalue weighted by molar-refractivity contribution is 8.76. The van der Waals surface area contributed by atoms with E-state index in [1.807, 2.05) is 0 Å². The number of aryl methyl sites for hydroxylation is 2. The number of anilines is 2. The van der Waals surface area contributed by atoms with Crippen molar-refractivity contribution in [3.05, 3.63) is 59.7 Å². The molecule has 2 nitrogen and oxygen atoms in total. The van der Waals surface area contributed by atoms with Crippen LogP contribution < -0.4 is 9.80 Å². The Morgan fingerprint density at radius 3 is 1.21 bits per heavy atom. The molecule has 0 aliphatic heterocycles. The maximum Gasteiger partial charge on any atom is 0.0361 e. The molecule has 154 valence electrons. The molecule has 0 aromatic heterocycles. The maximum atomic E-state index is 2.27. The predicted molar refractivity (Wildman–Crippen MR) is 132 cm³/mol. The Morgan fingerprint density at radius 2 is 0.893 bits per heavy atom. The Hall–Kier alpha value is -1.26. The van der Waals surface area contributed by atoms with E-state index in [-0.39, 0.29) is 0 Å². The lowest BCUT2D eigenvalue weighted by molar-refractivity contribution is 0.802. The van der Waals surface area contributed by atoms with Crippen LogP contribution in [0.2, 0.25) is 0 Å². The van der Waals surface area contributed by atoms with Crippen molar-refractivity contribution in [3.8, 4) is 0 Å². The molecule has 0 unspecified atom stereocenters. The molecule has 0 aliphatic rings. The minimum Gasteiger partial charge on any atom is -0.378 e. The van der Waals surface area contributed by atoms with Crippen LogP contribution in [0, 0.1) is 0 Å². The Bertz CT molecular complexity index is 592. The second-order valence-corrected chi connectivity index (χ2v) is 10.4. The lowest BCUT2D eigenvalue weighted by Crippen LogP contribution is -2.08. The fourth-order valence-electron chi connectivity index (χ4n) is 3.02. The smallest absolute Gasteiger partial charge is 0.0361 e. The summed E-state index contributed by atoms with van der Waals surface area (Å²) in [5, 5.41) is 0. The summed E-state index contributed by atoms with van der Waals surface area (Å²) in [5.74, 6) is 2.54. The molecule has 0 atom stereocenters. The predicted octanol–water partition coefficient (Wildman–Crippen LogP) is 6.55. The van der Waals surface area contributed by atoms with Gasteiger partial charge >= 0.3 is 0 Å². The fraction of sp³-hybridized carbons (Fsp3) is 0.500. The van der Waals surface area contributed by atoms with Gasteiger partial charge in [0.15, 0.2) is 0 Å². The summed E-state index contributed by atoms with van der Waals surface area (Å²) in [7, 11) is 12.5. The van der Waals surface area contributed by atoms with Crippen molar-refractivity contribution in [2.24, 2.45) is 0 Å². The van der Waals surface area contributed by atoms with E-state index in [1.165, 1.54) is 72.5 Å². The van der Waals surface area contributed by atoms with E-state index in [0.29, 0.717) is 0 Å². The standard InChI is InChI=1S/C24H36N2S2/c1-25(2)23-15-11-21(12-16-23)9-5-7-19-27-28-20-8-6-10-22-13-17-24(18-14-22)26(3)4/h11-18H,5-10,19-20H2,1-4H3. The zero-order valence-corrected chi connectivity index (χ0v) is 19.6. The molecule has 2 aromatic rings. The van der Waals surface area contributed by atoms with Crippen molar-refractivity contribution in [2.45, 2.75) is 38.5 Å². The largest absolute Gasteiger partial charge is 0.378 e. The maximum absolute atomic E-state index is 2.27. The van der Waals surface area contributed by atoms with Gasteiger partial charge in [-0.2, -0.15) is 0 Å². The summed E-state index contributed by atoms with van der Waals surface area (Å²) in [6.45, 7) is 0. The topological polar surface area (TPSA) is 6.48 Å². The minimum absolute atomic E-state index is 1.20. The molecule has 28 heavy (non-hydrogen) atoms. The van der Waals surface area contributed by atoms with Crippen LogP contribution in [-0.4, -0.2) is 39.7 Å². The third kappa shape index (κ3) is 8.83. The van der Waals surface area contributed by atoms with Crippen LogP contribution in [0.15, 0.2) is 48.5 Å². The van der Waals surface area contributed by atoms with E-state index in [1.54, 1.807) is 0 Å². The van der Waals surface area contributed by atoms with Crippen molar-refractivity contribution in [1.82, 2.24) is 0 Å². The highest BCUT2D eigenvalue weighted by Crippen LogP contribution is 2.25. The van der Waals surface area contributed by atoms with E-state index in [2.05, 4.69) is 108 Å². The zero-order valence-electron chi connectivity index (χ0n) is 18.0. The van der Waals surface area contributed by atoms with Crippen LogP contribution >= 0.6 is 21.6 Å². The first-order valence-corrected chi connectivity index (χ1v) is 12.8. The molecular weight excluding hydrogens is 380 g/mol. The first-order valence-electron chi connectivity index (χ1n) is 10.3. The summed E-state index contributed by atoms with van der Waals surface area (Å²) in [6, 6.07) is 18.0. The number of benzene rings is 2. The van der Waals surface area contributed by atoms with Gasteiger partial charge in [-0.15, -0.1) is 0 Å². The monoisotopic (exact) mass is 416 g/mol. The van der Waals surface area contributed by atoms with E-state index in [0.717, 1.165) is 0 Å². The molecule has 0 amide bonds. The number of hydrogen-bond acceptors (Lipinski definition) is 4. The van der Waals surface area contributed by atoms with Crippen molar-refractivity contribution in [2.75, 3.05) is 49.5 Å². The average Bonchev–Trinajstić information content (AvgIpc) is 2.70. The van der Waals surface area contributed by atoms with Crippen molar-refractivity contribution in [3.63, 3.8) is 0 Å². The number of hydrogen-bond donors (Lipinski definition) is 0. The van der Waals surface area contributed by atoms with E-state index < -0.39 is 0 Å². The molecule has 0 N–H and O–H groups in total. The van der Waals surface area contributed by atoms with Crippen molar-refractivity contribution < 1.29 is 0 Å². The molecule has 0 bridgehead atoms. The van der Waals surface area contributed by atoms with E-state index in [4.69, 9.17) is 0 Å². The van der Waals surface area contributed by atoms with E-state index in [9.17, 15) is 0 Å². The second-order valence-electron chi connectivity index (χ2n) is 7.68. The van der Waals surface area contributed by atoms with Crippen LogP contribution in [-0.2, 0) is 12.8 Å². The van der Waals surface area contributed by atoms with Gasteiger partial charge in [-0.1, -0.05) is 45.9 Å². The fourth-order valence-corrected chi connectivity index (χ4v) is 5.31. The Labute approximate surface area is 180 Å². The van der Waals surface area contributed by atoms with Gasteiger partial charge < -0.3 is 9.80 Å². The van der Waals surface area contributed by atoms with Gasteiger partial charge in [0.2, 0.25) is 0 Å². The summed E-state index contributed by atoms with van der Waals surface area (Å²) in [4.78, 5) is 4.30. The molecule has 0 spiro atoms. The normalized spacial score (nSPS) is 10.9. The zero-order chi connectivity index (χ0) is 20.2. The first-order chi connectivity index (χ1) is 13.6. The van der Waals surface area contributed by atoms with Gasteiger partial charge in [-0.05, 0) is 73.9 Å². The second kappa shape index (κ2) is 13.1. The molecule has 0 radical (unpaired) electrons. The number of unbranched alkanes of at least 4 members (excludes halogenated alkanes) is 2. The molecule has 0 aliphatic carbocycles. The molecule has 4 heteroatoms. The van der Waals surface area contributed by atoms with Crippen molar-refractivity contribution >= 4 is 33.0 Å². The highest BCUT2D eigenvalue weighted by atomic mass is 33.1. The van der Waals surface area contributed by atoms with Gasteiger partial charge in [-0.25, -0.2) is 0 Å². The lowest BCUT2D eigenvalue weighted by Gasteiger charge is -2.12. The van der Waals surface area contributed by atoms with Crippen LogP contribution in [0.25, 0.3) is 0 Å². The van der Waals surface area contributed by atoms with Crippen LogP contribution in [0.3, 0.4) is 0 Å². The van der Waals surface area contributed by atoms with Gasteiger partial charge in [-0.3, -0.25) is 0 Å². The lowest BCUT2D eigenvalue weighted by atomic mass is 10.1. The van der Waals surface area contributed by atoms with Gasteiger partial charge in [0.25, 0.3) is 0 Å². The Morgan fingerprint density at radius 1 is 0.536 bits per heavy atom. The summed E-state index contributed by atoms with van der Waals surface area (Å²) >= 11 is 0. The van der Waals surface area contributed by atoms with Crippen LogP contribution in [0.5, 0.6) is 0 Å². The summed E-state index contributed by atoms with van der Waals surface area (Å²) in [6.07, 6.45) is 7.60.